The molecule has 26 heavy (non-hydrogen) atoms. The summed E-state index contributed by atoms with van der Waals surface area (Å²) in [6, 6.07) is 23.7. The van der Waals surface area contributed by atoms with Crippen LogP contribution in [0.1, 0.15) is 40.5 Å². The molecule has 1 heterocycles. The van der Waals surface area contributed by atoms with Gasteiger partial charge in [0.2, 0.25) is 0 Å². The molecule has 2 unspecified atom stereocenters. The third-order valence-corrected chi connectivity index (χ3v) is 18.0. The zero-order valence-corrected chi connectivity index (χ0v) is 19.1. The maximum Gasteiger partial charge on any atom is 0.138 e. The van der Waals surface area contributed by atoms with E-state index in [0.29, 0.717) is 12.1 Å². The van der Waals surface area contributed by atoms with E-state index < -0.39 is 17.9 Å². The van der Waals surface area contributed by atoms with Gasteiger partial charge in [0.05, 0.1) is 0 Å². The van der Waals surface area contributed by atoms with Crippen molar-refractivity contribution in [3.63, 3.8) is 0 Å². The molecule has 0 spiro atoms. The standard InChI is InChI=1S/C22H34N2Si2/c1-5-19(3)23(21-13-9-7-10-14-21)25-17-26(18-25)24(20(4)6-2)22-15-11-8-12-16-22/h7-16,19-20,25-26H,5-6,17-18H2,1-4H3. The fourth-order valence-electron chi connectivity index (χ4n) is 4.26. The van der Waals surface area contributed by atoms with Crippen molar-refractivity contribution >= 4 is 29.3 Å². The van der Waals surface area contributed by atoms with Gasteiger partial charge in [-0.1, -0.05) is 50.2 Å². The number of hydrogen-bond donors (Lipinski definition) is 0. The second-order valence-corrected chi connectivity index (χ2v) is 15.3. The molecule has 3 rings (SSSR count). The van der Waals surface area contributed by atoms with Gasteiger partial charge in [0.15, 0.2) is 0 Å². The molecular formula is C22H34N2Si2. The Labute approximate surface area is 163 Å². The molecule has 0 bridgehead atoms. The van der Waals surface area contributed by atoms with E-state index in [2.05, 4.69) is 97.5 Å². The van der Waals surface area contributed by atoms with Crippen LogP contribution in [0.15, 0.2) is 60.7 Å². The smallest absolute Gasteiger partial charge is 0.138 e. The van der Waals surface area contributed by atoms with Crippen molar-refractivity contribution < 1.29 is 0 Å². The minimum Gasteiger partial charge on any atom is -0.398 e. The second-order valence-electron chi connectivity index (χ2n) is 7.78. The van der Waals surface area contributed by atoms with Gasteiger partial charge in [-0.25, -0.2) is 0 Å². The van der Waals surface area contributed by atoms with E-state index in [-0.39, 0.29) is 0 Å². The van der Waals surface area contributed by atoms with Gasteiger partial charge in [0.25, 0.3) is 0 Å². The van der Waals surface area contributed by atoms with Crippen LogP contribution >= 0.6 is 0 Å². The van der Waals surface area contributed by atoms with Gasteiger partial charge in [-0.15, -0.1) is 0 Å². The van der Waals surface area contributed by atoms with E-state index in [4.69, 9.17) is 0 Å². The van der Waals surface area contributed by atoms with Gasteiger partial charge in [0, 0.05) is 23.5 Å². The van der Waals surface area contributed by atoms with Gasteiger partial charge >= 0.3 is 0 Å². The molecule has 2 aromatic rings. The van der Waals surface area contributed by atoms with E-state index in [0.717, 1.165) is 0 Å². The predicted molar refractivity (Wildman–Crippen MR) is 121 cm³/mol. The molecule has 2 atom stereocenters. The highest BCUT2D eigenvalue weighted by molar-refractivity contribution is 6.98. The minimum atomic E-state index is -0.854. The maximum absolute atomic E-state index is 2.84. The van der Waals surface area contributed by atoms with Crippen LogP contribution in [0.4, 0.5) is 11.4 Å². The van der Waals surface area contributed by atoms with Crippen molar-refractivity contribution in [3.05, 3.63) is 60.7 Å². The quantitative estimate of drug-likeness (QED) is 0.584. The first kappa shape index (κ1) is 19.2. The first-order chi connectivity index (χ1) is 12.7. The van der Waals surface area contributed by atoms with E-state index in [1.807, 2.05) is 0 Å². The summed E-state index contributed by atoms with van der Waals surface area (Å²) in [5, 5.41) is 0. The molecule has 0 aliphatic carbocycles. The maximum atomic E-state index is 2.84. The Balaban J connectivity index is 1.76. The third-order valence-electron chi connectivity index (χ3n) is 6.12. The van der Waals surface area contributed by atoms with Crippen molar-refractivity contribution in [1.82, 2.24) is 0 Å². The zero-order valence-electron chi connectivity index (χ0n) is 16.8. The van der Waals surface area contributed by atoms with Gasteiger partial charge in [-0.05, 0) is 62.3 Å². The van der Waals surface area contributed by atoms with E-state index in [1.54, 1.807) is 0 Å². The van der Waals surface area contributed by atoms with Crippen molar-refractivity contribution in [2.24, 2.45) is 0 Å². The normalized spacial score (nSPS) is 21.5. The molecule has 0 radical (unpaired) electrons. The van der Waals surface area contributed by atoms with Gasteiger partial charge in [0.1, 0.15) is 17.9 Å². The first-order valence-corrected chi connectivity index (χ1v) is 14.6. The molecule has 0 saturated carbocycles. The van der Waals surface area contributed by atoms with Crippen molar-refractivity contribution in [2.45, 2.75) is 64.0 Å². The zero-order chi connectivity index (χ0) is 18.5. The first-order valence-electron chi connectivity index (χ1n) is 10.3. The highest BCUT2D eigenvalue weighted by atomic mass is 28.4. The average Bonchev–Trinajstić information content (AvgIpc) is 2.67. The molecule has 1 aliphatic rings. The Morgan fingerprint density at radius 2 is 1.04 bits per heavy atom. The summed E-state index contributed by atoms with van der Waals surface area (Å²) in [5.74, 6) is 0. The molecule has 0 aromatic heterocycles. The molecule has 0 amide bonds. The molecule has 0 N–H and O–H groups in total. The van der Waals surface area contributed by atoms with Crippen LogP contribution in [-0.4, -0.2) is 30.0 Å². The lowest BCUT2D eigenvalue weighted by molar-refractivity contribution is 0.693. The van der Waals surface area contributed by atoms with Gasteiger partial charge < -0.3 is 9.13 Å². The Kier molecular flexibility index (Phi) is 6.60. The number of para-hydroxylation sites is 2. The minimum absolute atomic E-state index is 0.665. The van der Waals surface area contributed by atoms with Crippen LogP contribution in [0.3, 0.4) is 0 Å². The summed E-state index contributed by atoms with van der Waals surface area (Å²) in [5.41, 5.74) is 5.97. The molecule has 1 fully saturated rings. The Hall–Kier alpha value is -1.53. The molecule has 140 valence electrons. The molecule has 2 nitrogen and oxygen atoms in total. The second kappa shape index (κ2) is 8.91. The number of rotatable bonds is 8. The number of nitrogens with zero attached hydrogens (tertiary/aromatic N) is 2. The molecule has 1 aliphatic heterocycles. The SMILES string of the molecule is CCC(C)N(c1ccccc1)[SiH]1C[SiH](N(c2ccccc2)C(C)CC)C1. The molecular weight excluding hydrogens is 348 g/mol. The molecule has 2 aromatic carbocycles. The van der Waals surface area contributed by atoms with E-state index >= 15 is 0 Å². The Bertz CT molecular complexity index is 601. The molecule has 1 saturated heterocycles. The number of anilines is 2. The van der Waals surface area contributed by atoms with Crippen molar-refractivity contribution in [3.8, 4) is 0 Å². The van der Waals surface area contributed by atoms with Crippen LogP contribution in [0.25, 0.3) is 0 Å². The van der Waals surface area contributed by atoms with Crippen molar-refractivity contribution in [1.29, 1.82) is 0 Å². The highest BCUT2D eigenvalue weighted by Gasteiger charge is 2.42. The Morgan fingerprint density at radius 1 is 0.692 bits per heavy atom. The summed E-state index contributed by atoms with van der Waals surface area (Å²) in [6.45, 7) is 9.49. The van der Waals surface area contributed by atoms with Crippen LogP contribution in [0.5, 0.6) is 0 Å². The van der Waals surface area contributed by atoms with Crippen LogP contribution in [0.2, 0.25) is 11.3 Å². The monoisotopic (exact) mass is 382 g/mol. The van der Waals surface area contributed by atoms with Gasteiger partial charge in [-0.3, -0.25) is 0 Å². The lowest BCUT2D eigenvalue weighted by atomic mass is 10.2. The largest absolute Gasteiger partial charge is 0.398 e. The van der Waals surface area contributed by atoms with Gasteiger partial charge in [-0.2, -0.15) is 0 Å². The fraction of sp³-hybridized carbons (Fsp3) is 0.455. The van der Waals surface area contributed by atoms with Crippen LogP contribution in [0, 0.1) is 0 Å². The lowest BCUT2D eigenvalue weighted by Crippen LogP contribution is -2.63. The third kappa shape index (κ3) is 4.07. The van der Waals surface area contributed by atoms with E-state index in [1.165, 1.54) is 35.6 Å². The summed E-state index contributed by atoms with van der Waals surface area (Å²) in [7, 11) is -1.71. The number of hydrogen-bond acceptors (Lipinski definition) is 2. The summed E-state index contributed by atoms with van der Waals surface area (Å²) < 4.78 is 5.67. The highest BCUT2D eigenvalue weighted by Crippen LogP contribution is 2.35. The van der Waals surface area contributed by atoms with Crippen LogP contribution in [-0.2, 0) is 0 Å². The van der Waals surface area contributed by atoms with E-state index in [9.17, 15) is 0 Å². The number of benzene rings is 2. The summed E-state index contributed by atoms with van der Waals surface area (Å²) in [4.78, 5) is 0. The Morgan fingerprint density at radius 3 is 1.35 bits per heavy atom. The lowest BCUT2D eigenvalue weighted by Gasteiger charge is -2.51. The summed E-state index contributed by atoms with van der Waals surface area (Å²) >= 11 is 0. The predicted octanol–water partition coefficient (Wildman–Crippen LogP) is 5.14. The summed E-state index contributed by atoms with van der Waals surface area (Å²) in [6.07, 6.45) is 2.47. The average molecular weight is 383 g/mol. The topological polar surface area (TPSA) is 6.48 Å². The molecule has 4 heteroatoms. The van der Waals surface area contributed by atoms with Crippen LogP contribution < -0.4 is 9.13 Å². The van der Waals surface area contributed by atoms with Crippen molar-refractivity contribution in [2.75, 3.05) is 9.13 Å². The fourth-order valence-corrected chi connectivity index (χ4v) is 15.4.